The molecule has 0 amide bonds. The molecule has 1 saturated heterocycles. The van der Waals surface area contributed by atoms with Gasteiger partial charge in [0, 0.05) is 19.0 Å². The first-order valence-electron chi connectivity index (χ1n) is 7.17. The molecular weight excluding hydrogens is 212 g/mol. The van der Waals surface area contributed by atoms with Crippen LogP contribution in [0.3, 0.4) is 0 Å². The van der Waals surface area contributed by atoms with E-state index in [0.29, 0.717) is 11.7 Å². The zero-order valence-electron chi connectivity index (χ0n) is 11.5. The molecule has 17 heavy (non-hydrogen) atoms. The third kappa shape index (κ3) is 6.18. The third-order valence-electron chi connectivity index (χ3n) is 3.72. The van der Waals surface area contributed by atoms with Gasteiger partial charge < -0.3 is 10.2 Å². The van der Waals surface area contributed by atoms with E-state index in [1.165, 1.54) is 19.3 Å². The molecule has 1 rings (SSSR count). The number of likely N-dealkylation sites (tertiary alicyclic amines) is 1. The molecule has 0 saturated carbocycles. The normalized spacial score (nSPS) is 18.5. The quantitative estimate of drug-likeness (QED) is 0.659. The standard InChI is InChI=1S/C14H28N2O/c1-3-4-5-8-15-9-12-16-10-6-14(7-11-16)13(2)17/h14-15H,3-12H2,1-2H3. The number of rotatable bonds is 8. The second-order valence-corrected chi connectivity index (χ2v) is 5.18. The van der Waals surface area contributed by atoms with E-state index in [1.807, 2.05) is 0 Å². The molecule has 0 unspecified atom stereocenters. The Morgan fingerprint density at radius 1 is 1.24 bits per heavy atom. The number of nitrogens with zero attached hydrogens (tertiary/aromatic N) is 1. The van der Waals surface area contributed by atoms with Gasteiger partial charge in [-0.2, -0.15) is 0 Å². The van der Waals surface area contributed by atoms with E-state index >= 15 is 0 Å². The van der Waals surface area contributed by atoms with Crippen LogP contribution < -0.4 is 5.32 Å². The van der Waals surface area contributed by atoms with Crippen molar-refractivity contribution in [3.63, 3.8) is 0 Å². The number of unbranched alkanes of at least 4 members (excludes halogenated alkanes) is 2. The molecule has 1 heterocycles. The summed E-state index contributed by atoms with van der Waals surface area (Å²) in [6.07, 6.45) is 6.04. The molecule has 0 bridgehead atoms. The topological polar surface area (TPSA) is 32.3 Å². The van der Waals surface area contributed by atoms with Crippen molar-refractivity contribution in [1.29, 1.82) is 0 Å². The largest absolute Gasteiger partial charge is 0.315 e. The lowest BCUT2D eigenvalue weighted by molar-refractivity contribution is -0.122. The van der Waals surface area contributed by atoms with Crippen LogP contribution in [0, 0.1) is 5.92 Å². The van der Waals surface area contributed by atoms with Crippen molar-refractivity contribution in [2.24, 2.45) is 5.92 Å². The van der Waals surface area contributed by atoms with Crippen molar-refractivity contribution in [3.8, 4) is 0 Å². The highest BCUT2D eigenvalue weighted by Crippen LogP contribution is 2.17. The van der Waals surface area contributed by atoms with Crippen molar-refractivity contribution in [1.82, 2.24) is 10.2 Å². The van der Waals surface area contributed by atoms with Gasteiger partial charge in [-0.25, -0.2) is 0 Å². The highest BCUT2D eigenvalue weighted by Gasteiger charge is 2.21. The summed E-state index contributed by atoms with van der Waals surface area (Å²) in [5.41, 5.74) is 0. The second-order valence-electron chi connectivity index (χ2n) is 5.18. The molecular formula is C14H28N2O. The first kappa shape index (κ1) is 14.7. The number of Topliss-reactive ketones (excluding diaryl/α,β-unsaturated/α-hetero) is 1. The Kier molecular flexibility index (Phi) is 7.45. The minimum absolute atomic E-state index is 0.337. The third-order valence-corrected chi connectivity index (χ3v) is 3.72. The van der Waals surface area contributed by atoms with Crippen molar-refractivity contribution in [2.75, 3.05) is 32.7 Å². The Morgan fingerprint density at radius 2 is 1.94 bits per heavy atom. The first-order valence-corrected chi connectivity index (χ1v) is 7.17. The SMILES string of the molecule is CCCCCNCCN1CCC(C(C)=O)CC1. The molecule has 0 atom stereocenters. The molecule has 1 aliphatic rings. The van der Waals surface area contributed by atoms with Crippen LogP contribution >= 0.6 is 0 Å². The molecule has 0 radical (unpaired) electrons. The average Bonchev–Trinajstić information content (AvgIpc) is 2.34. The van der Waals surface area contributed by atoms with E-state index in [9.17, 15) is 4.79 Å². The Bertz CT molecular complexity index is 210. The lowest BCUT2D eigenvalue weighted by Gasteiger charge is -2.30. The van der Waals surface area contributed by atoms with E-state index < -0.39 is 0 Å². The van der Waals surface area contributed by atoms with Gasteiger partial charge >= 0.3 is 0 Å². The molecule has 0 aromatic carbocycles. The average molecular weight is 240 g/mol. The number of hydrogen-bond acceptors (Lipinski definition) is 3. The molecule has 1 fully saturated rings. The maximum Gasteiger partial charge on any atom is 0.133 e. The second kappa shape index (κ2) is 8.65. The summed E-state index contributed by atoms with van der Waals surface area (Å²) in [5, 5.41) is 3.49. The van der Waals surface area contributed by atoms with Gasteiger partial charge in [-0.15, -0.1) is 0 Å². The highest BCUT2D eigenvalue weighted by molar-refractivity contribution is 5.78. The van der Waals surface area contributed by atoms with Crippen LogP contribution in [0.5, 0.6) is 0 Å². The molecule has 0 aromatic rings. The van der Waals surface area contributed by atoms with E-state index in [2.05, 4.69) is 17.1 Å². The fourth-order valence-corrected chi connectivity index (χ4v) is 2.43. The van der Waals surface area contributed by atoms with Gasteiger partial charge in [-0.05, 0) is 45.8 Å². The number of hydrogen-bond donors (Lipinski definition) is 1. The number of nitrogens with one attached hydrogen (secondary N) is 1. The van der Waals surface area contributed by atoms with Crippen LogP contribution in [0.25, 0.3) is 0 Å². The van der Waals surface area contributed by atoms with E-state index in [-0.39, 0.29) is 0 Å². The van der Waals surface area contributed by atoms with Gasteiger partial charge in [0.05, 0.1) is 0 Å². The highest BCUT2D eigenvalue weighted by atomic mass is 16.1. The molecule has 1 N–H and O–H groups in total. The lowest BCUT2D eigenvalue weighted by Crippen LogP contribution is -2.39. The van der Waals surface area contributed by atoms with Crippen LogP contribution in [0.2, 0.25) is 0 Å². The minimum Gasteiger partial charge on any atom is -0.315 e. The Morgan fingerprint density at radius 3 is 2.53 bits per heavy atom. The fourth-order valence-electron chi connectivity index (χ4n) is 2.43. The number of piperidine rings is 1. The van der Waals surface area contributed by atoms with E-state index in [4.69, 9.17) is 0 Å². The van der Waals surface area contributed by atoms with Crippen LogP contribution in [0.4, 0.5) is 0 Å². The Labute approximate surface area is 106 Å². The number of carbonyl (C=O) groups excluding carboxylic acids is 1. The Hall–Kier alpha value is -0.410. The molecule has 0 aliphatic carbocycles. The maximum atomic E-state index is 11.2. The predicted molar refractivity (Wildman–Crippen MR) is 72.2 cm³/mol. The summed E-state index contributed by atoms with van der Waals surface area (Å²) in [7, 11) is 0. The molecule has 1 aliphatic heterocycles. The zero-order chi connectivity index (χ0) is 12.5. The molecule has 3 heteroatoms. The lowest BCUT2D eigenvalue weighted by atomic mass is 9.93. The summed E-state index contributed by atoms with van der Waals surface area (Å²) < 4.78 is 0. The molecule has 3 nitrogen and oxygen atoms in total. The van der Waals surface area contributed by atoms with Gasteiger partial charge in [0.25, 0.3) is 0 Å². The van der Waals surface area contributed by atoms with Crippen molar-refractivity contribution in [2.45, 2.75) is 46.0 Å². The summed E-state index contributed by atoms with van der Waals surface area (Å²) >= 11 is 0. The molecule has 100 valence electrons. The summed E-state index contributed by atoms with van der Waals surface area (Å²) in [6, 6.07) is 0. The van der Waals surface area contributed by atoms with Gasteiger partial charge in [0.15, 0.2) is 0 Å². The van der Waals surface area contributed by atoms with Crippen molar-refractivity contribution in [3.05, 3.63) is 0 Å². The Balaban J connectivity index is 1.97. The molecule has 0 aromatic heterocycles. The van der Waals surface area contributed by atoms with Crippen LogP contribution in [-0.4, -0.2) is 43.4 Å². The zero-order valence-corrected chi connectivity index (χ0v) is 11.5. The van der Waals surface area contributed by atoms with Crippen LogP contribution in [0.1, 0.15) is 46.0 Å². The minimum atomic E-state index is 0.337. The first-order chi connectivity index (χ1) is 8.24. The van der Waals surface area contributed by atoms with Gasteiger partial charge in [-0.1, -0.05) is 19.8 Å². The fraction of sp³-hybridized carbons (Fsp3) is 0.929. The predicted octanol–water partition coefficient (Wildman–Crippen LogP) is 2.07. The number of carbonyl (C=O) groups is 1. The van der Waals surface area contributed by atoms with E-state index in [0.717, 1.165) is 45.6 Å². The molecule has 0 spiro atoms. The summed E-state index contributed by atoms with van der Waals surface area (Å²) in [4.78, 5) is 13.7. The van der Waals surface area contributed by atoms with Gasteiger partial charge in [0.1, 0.15) is 5.78 Å². The van der Waals surface area contributed by atoms with Crippen molar-refractivity contribution >= 4 is 5.78 Å². The summed E-state index contributed by atoms with van der Waals surface area (Å²) in [6.45, 7) is 9.54. The summed E-state index contributed by atoms with van der Waals surface area (Å²) in [5.74, 6) is 0.714. The monoisotopic (exact) mass is 240 g/mol. The van der Waals surface area contributed by atoms with Gasteiger partial charge in [0.2, 0.25) is 0 Å². The maximum absolute atomic E-state index is 11.2. The number of ketones is 1. The smallest absolute Gasteiger partial charge is 0.133 e. The van der Waals surface area contributed by atoms with Gasteiger partial charge in [-0.3, -0.25) is 4.79 Å². The van der Waals surface area contributed by atoms with Crippen LogP contribution in [-0.2, 0) is 4.79 Å². The van der Waals surface area contributed by atoms with Crippen molar-refractivity contribution < 1.29 is 4.79 Å². The van der Waals surface area contributed by atoms with Crippen LogP contribution in [0.15, 0.2) is 0 Å². The van der Waals surface area contributed by atoms with E-state index in [1.54, 1.807) is 6.92 Å².